The van der Waals surface area contributed by atoms with Crippen molar-refractivity contribution in [2.75, 3.05) is 10.5 Å². The molecule has 2 aromatic carbocycles. The normalized spacial score (nSPS) is 11.4. The molecule has 0 spiro atoms. The van der Waals surface area contributed by atoms with Crippen LogP contribution in [0.25, 0.3) is 0 Å². The monoisotopic (exact) mass is 344 g/mol. The lowest BCUT2D eigenvalue weighted by Crippen LogP contribution is -2.15. The van der Waals surface area contributed by atoms with Crippen LogP contribution in [0.2, 0.25) is 10.0 Å². The summed E-state index contributed by atoms with van der Waals surface area (Å²) in [6, 6.07) is 7.65. The number of halogens is 2. The summed E-state index contributed by atoms with van der Waals surface area (Å²) in [6.07, 6.45) is 0. The number of anilines is 2. The first kappa shape index (κ1) is 15.9. The molecular formula is C14H14Cl2N2O2S. The SMILES string of the molecule is Cc1cc(N)c(NS(=O)(=O)c2cc(Cl)ccc2Cl)cc1C. The molecule has 112 valence electrons. The fraction of sp³-hybridized carbons (Fsp3) is 0.143. The van der Waals surface area contributed by atoms with Gasteiger partial charge in [0.25, 0.3) is 10.0 Å². The fourth-order valence-electron chi connectivity index (χ4n) is 1.81. The third-order valence-corrected chi connectivity index (χ3v) is 5.18. The number of benzene rings is 2. The maximum atomic E-state index is 12.4. The van der Waals surface area contributed by atoms with Crippen LogP contribution in [0.4, 0.5) is 11.4 Å². The van der Waals surface area contributed by atoms with Crippen molar-refractivity contribution in [2.24, 2.45) is 0 Å². The van der Waals surface area contributed by atoms with Gasteiger partial charge in [0.05, 0.1) is 16.4 Å². The average molecular weight is 345 g/mol. The molecule has 0 unspecified atom stereocenters. The maximum absolute atomic E-state index is 12.4. The highest BCUT2D eigenvalue weighted by Crippen LogP contribution is 2.29. The van der Waals surface area contributed by atoms with Crippen LogP contribution < -0.4 is 10.5 Å². The zero-order chi connectivity index (χ0) is 15.8. The smallest absolute Gasteiger partial charge is 0.263 e. The summed E-state index contributed by atoms with van der Waals surface area (Å²) in [5.41, 5.74) is 8.43. The van der Waals surface area contributed by atoms with Crippen molar-refractivity contribution < 1.29 is 8.42 Å². The molecule has 21 heavy (non-hydrogen) atoms. The van der Waals surface area contributed by atoms with Crippen molar-refractivity contribution in [1.82, 2.24) is 0 Å². The number of hydrogen-bond donors (Lipinski definition) is 2. The van der Waals surface area contributed by atoms with Gasteiger partial charge in [0.1, 0.15) is 4.90 Å². The standard InChI is InChI=1S/C14H14Cl2N2O2S/c1-8-5-12(17)13(6-9(8)2)18-21(19,20)14-7-10(15)3-4-11(14)16/h3-7,18H,17H2,1-2H3. The van der Waals surface area contributed by atoms with Crippen LogP contribution in [0.15, 0.2) is 35.2 Å². The second-order valence-corrected chi connectivity index (χ2v) is 7.20. The molecule has 2 aromatic rings. The quantitative estimate of drug-likeness (QED) is 0.826. The Balaban J connectivity index is 2.47. The Hall–Kier alpha value is -1.43. The van der Waals surface area contributed by atoms with Crippen LogP contribution in [0.5, 0.6) is 0 Å². The number of rotatable bonds is 3. The van der Waals surface area contributed by atoms with Gasteiger partial charge >= 0.3 is 0 Å². The van der Waals surface area contributed by atoms with Crippen molar-refractivity contribution in [2.45, 2.75) is 18.7 Å². The Morgan fingerprint density at radius 1 is 1.05 bits per heavy atom. The molecule has 0 atom stereocenters. The lowest BCUT2D eigenvalue weighted by atomic mass is 10.1. The van der Waals surface area contributed by atoms with E-state index in [1.54, 1.807) is 12.1 Å². The van der Waals surface area contributed by atoms with Crippen molar-refractivity contribution in [1.29, 1.82) is 0 Å². The fourth-order valence-corrected chi connectivity index (χ4v) is 3.65. The number of aryl methyl sites for hydroxylation is 2. The lowest BCUT2D eigenvalue weighted by Gasteiger charge is -2.13. The summed E-state index contributed by atoms with van der Waals surface area (Å²) in [5.74, 6) is 0. The second-order valence-electron chi connectivity index (χ2n) is 4.70. The molecule has 0 heterocycles. The highest BCUT2D eigenvalue weighted by Gasteiger charge is 2.20. The molecule has 0 radical (unpaired) electrons. The number of nitrogens with one attached hydrogen (secondary N) is 1. The van der Waals surface area contributed by atoms with E-state index in [2.05, 4.69) is 4.72 Å². The van der Waals surface area contributed by atoms with Crippen LogP contribution in [0.1, 0.15) is 11.1 Å². The molecule has 0 fully saturated rings. The van der Waals surface area contributed by atoms with E-state index in [0.29, 0.717) is 11.4 Å². The lowest BCUT2D eigenvalue weighted by molar-refractivity contribution is 0.601. The van der Waals surface area contributed by atoms with Crippen molar-refractivity contribution >= 4 is 44.6 Å². The summed E-state index contributed by atoms with van der Waals surface area (Å²) in [5, 5.41) is 0.377. The summed E-state index contributed by atoms with van der Waals surface area (Å²) >= 11 is 11.8. The van der Waals surface area contributed by atoms with Crippen molar-refractivity contribution in [3.63, 3.8) is 0 Å². The largest absolute Gasteiger partial charge is 0.397 e. The van der Waals surface area contributed by atoms with E-state index in [1.807, 2.05) is 13.8 Å². The molecule has 7 heteroatoms. The van der Waals surface area contributed by atoms with Gasteiger partial charge in [-0.1, -0.05) is 23.2 Å². The molecule has 0 saturated heterocycles. The van der Waals surface area contributed by atoms with E-state index in [0.717, 1.165) is 11.1 Å². The van der Waals surface area contributed by atoms with Gasteiger partial charge in [-0.25, -0.2) is 8.42 Å². The summed E-state index contributed by atoms with van der Waals surface area (Å²) in [7, 11) is -3.87. The minimum absolute atomic E-state index is 0.0886. The van der Waals surface area contributed by atoms with Gasteiger partial charge in [0, 0.05) is 5.02 Å². The molecule has 0 amide bonds. The number of nitrogens with two attached hydrogens (primary N) is 1. The predicted octanol–water partition coefficient (Wildman–Crippen LogP) is 3.99. The highest BCUT2D eigenvalue weighted by atomic mass is 35.5. The third-order valence-electron chi connectivity index (χ3n) is 3.09. The topological polar surface area (TPSA) is 72.2 Å². The van der Waals surface area contributed by atoms with Crippen LogP contribution >= 0.6 is 23.2 Å². The summed E-state index contributed by atoms with van der Waals surface area (Å²) in [6.45, 7) is 3.77. The molecular weight excluding hydrogens is 331 g/mol. The molecule has 0 aromatic heterocycles. The Morgan fingerprint density at radius 3 is 2.33 bits per heavy atom. The first-order chi connectivity index (χ1) is 9.70. The van der Waals surface area contributed by atoms with Crippen molar-refractivity contribution in [3.8, 4) is 0 Å². The Labute approximate surface area is 133 Å². The molecule has 4 nitrogen and oxygen atoms in total. The van der Waals surface area contributed by atoms with Crippen LogP contribution in [0, 0.1) is 13.8 Å². The van der Waals surface area contributed by atoms with Crippen molar-refractivity contribution in [3.05, 3.63) is 51.5 Å². The first-order valence-electron chi connectivity index (χ1n) is 6.05. The number of nitrogen functional groups attached to an aromatic ring is 1. The van der Waals surface area contributed by atoms with E-state index in [4.69, 9.17) is 28.9 Å². The zero-order valence-corrected chi connectivity index (χ0v) is 13.8. The summed E-state index contributed by atoms with van der Waals surface area (Å²) < 4.78 is 27.3. The van der Waals surface area contributed by atoms with E-state index in [9.17, 15) is 8.42 Å². The minimum Gasteiger partial charge on any atom is -0.397 e. The average Bonchev–Trinajstić information content (AvgIpc) is 2.38. The maximum Gasteiger partial charge on any atom is 0.263 e. The van der Waals surface area contributed by atoms with Crippen LogP contribution in [0.3, 0.4) is 0 Å². The number of hydrogen-bond acceptors (Lipinski definition) is 3. The number of sulfonamides is 1. The molecule has 0 saturated carbocycles. The van der Waals surface area contributed by atoms with Gasteiger partial charge in [-0.2, -0.15) is 0 Å². The van der Waals surface area contributed by atoms with Gasteiger partial charge in [-0.15, -0.1) is 0 Å². The Kier molecular flexibility index (Phi) is 4.37. The predicted molar refractivity (Wildman–Crippen MR) is 87.6 cm³/mol. The summed E-state index contributed by atoms with van der Waals surface area (Å²) in [4.78, 5) is -0.0886. The van der Waals surface area contributed by atoms with Crippen LogP contribution in [-0.2, 0) is 10.0 Å². The van der Waals surface area contributed by atoms with Gasteiger partial charge in [-0.05, 0) is 55.3 Å². The highest BCUT2D eigenvalue weighted by molar-refractivity contribution is 7.92. The Bertz CT molecular complexity index is 805. The first-order valence-corrected chi connectivity index (χ1v) is 8.29. The van der Waals surface area contributed by atoms with E-state index >= 15 is 0 Å². The minimum atomic E-state index is -3.87. The van der Waals surface area contributed by atoms with E-state index < -0.39 is 10.0 Å². The molecule has 3 N–H and O–H groups in total. The van der Waals surface area contributed by atoms with E-state index in [1.165, 1.54) is 18.2 Å². The van der Waals surface area contributed by atoms with Gasteiger partial charge in [-0.3, -0.25) is 4.72 Å². The zero-order valence-electron chi connectivity index (χ0n) is 11.4. The second kappa shape index (κ2) is 5.75. The molecule has 2 rings (SSSR count). The van der Waals surface area contributed by atoms with Crippen LogP contribution in [-0.4, -0.2) is 8.42 Å². The Morgan fingerprint density at radius 2 is 1.67 bits per heavy atom. The van der Waals surface area contributed by atoms with Gasteiger partial charge in [0.2, 0.25) is 0 Å². The molecule has 0 aliphatic heterocycles. The molecule has 0 aliphatic carbocycles. The molecule has 0 bridgehead atoms. The van der Waals surface area contributed by atoms with E-state index in [-0.39, 0.29) is 14.9 Å². The molecule has 0 aliphatic rings. The van der Waals surface area contributed by atoms with Gasteiger partial charge in [0.15, 0.2) is 0 Å². The third kappa shape index (κ3) is 3.43. The van der Waals surface area contributed by atoms with Gasteiger partial charge < -0.3 is 5.73 Å².